The van der Waals surface area contributed by atoms with Crippen molar-refractivity contribution in [2.75, 3.05) is 5.32 Å². The maximum absolute atomic E-state index is 13.1. The summed E-state index contributed by atoms with van der Waals surface area (Å²) in [6, 6.07) is 15.9. The Morgan fingerprint density at radius 2 is 1.79 bits per heavy atom. The average Bonchev–Trinajstić information content (AvgIpc) is 2.58. The van der Waals surface area contributed by atoms with Gasteiger partial charge in [-0.1, -0.05) is 30.3 Å². The standard InChI is InChI=1S/C19H16FN3O/c1-13(24)22-19-17(11-14-5-3-2-4-6-14)23-18(12-21-19)15-7-9-16(20)10-8-15/h2-10,12H,11H2,1H3,(H,21,22,24). The summed E-state index contributed by atoms with van der Waals surface area (Å²) >= 11 is 0. The predicted octanol–water partition coefficient (Wildman–Crippen LogP) is 3.83. The Hall–Kier alpha value is -3.08. The molecule has 0 unspecified atom stereocenters. The molecule has 0 saturated heterocycles. The molecule has 0 spiro atoms. The summed E-state index contributed by atoms with van der Waals surface area (Å²) in [5, 5.41) is 2.71. The van der Waals surface area contributed by atoms with Gasteiger partial charge in [-0.25, -0.2) is 14.4 Å². The maximum Gasteiger partial charge on any atom is 0.222 e. The van der Waals surface area contributed by atoms with E-state index < -0.39 is 0 Å². The summed E-state index contributed by atoms with van der Waals surface area (Å²) in [6.45, 7) is 1.43. The zero-order chi connectivity index (χ0) is 16.9. The van der Waals surface area contributed by atoms with E-state index in [1.54, 1.807) is 18.3 Å². The van der Waals surface area contributed by atoms with Crippen LogP contribution in [0, 0.1) is 5.82 Å². The van der Waals surface area contributed by atoms with Crippen LogP contribution in [0.5, 0.6) is 0 Å². The first-order chi connectivity index (χ1) is 11.6. The molecule has 3 rings (SSSR count). The van der Waals surface area contributed by atoms with Gasteiger partial charge in [0.05, 0.1) is 17.6 Å². The first kappa shape index (κ1) is 15.8. The van der Waals surface area contributed by atoms with Crippen LogP contribution in [0.4, 0.5) is 10.2 Å². The number of nitrogens with zero attached hydrogens (tertiary/aromatic N) is 2. The molecule has 4 nitrogen and oxygen atoms in total. The highest BCUT2D eigenvalue weighted by atomic mass is 19.1. The molecule has 0 fully saturated rings. The van der Waals surface area contributed by atoms with E-state index in [4.69, 9.17) is 0 Å². The maximum atomic E-state index is 13.1. The predicted molar refractivity (Wildman–Crippen MR) is 91.0 cm³/mol. The van der Waals surface area contributed by atoms with Crippen LogP contribution < -0.4 is 5.32 Å². The summed E-state index contributed by atoms with van der Waals surface area (Å²) in [4.78, 5) is 20.3. The van der Waals surface area contributed by atoms with Crippen LogP contribution in [0.25, 0.3) is 11.3 Å². The molecule has 0 aliphatic carbocycles. The van der Waals surface area contributed by atoms with Crippen LogP contribution >= 0.6 is 0 Å². The van der Waals surface area contributed by atoms with Gasteiger partial charge in [-0.15, -0.1) is 0 Å². The molecule has 0 radical (unpaired) electrons. The zero-order valence-corrected chi connectivity index (χ0v) is 13.2. The van der Waals surface area contributed by atoms with Crippen LogP contribution in [0.2, 0.25) is 0 Å². The number of anilines is 1. The molecular formula is C19H16FN3O. The van der Waals surface area contributed by atoms with Crippen molar-refractivity contribution < 1.29 is 9.18 Å². The van der Waals surface area contributed by atoms with Crippen molar-refractivity contribution in [2.24, 2.45) is 0 Å². The molecule has 24 heavy (non-hydrogen) atoms. The lowest BCUT2D eigenvalue weighted by molar-refractivity contribution is -0.114. The van der Waals surface area contributed by atoms with E-state index >= 15 is 0 Å². The second-order valence-electron chi connectivity index (χ2n) is 5.40. The Kier molecular flexibility index (Phi) is 4.61. The first-order valence-electron chi connectivity index (χ1n) is 7.55. The molecule has 1 N–H and O–H groups in total. The van der Waals surface area contributed by atoms with E-state index in [1.165, 1.54) is 19.1 Å². The summed E-state index contributed by atoms with van der Waals surface area (Å²) < 4.78 is 13.1. The van der Waals surface area contributed by atoms with Gasteiger partial charge in [0, 0.05) is 18.9 Å². The molecule has 1 heterocycles. The van der Waals surface area contributed by atoms with Gasteiger partial charge in [0.2, 0.25) is 5.91 Å². The SMILES string of the molecule is CC(=O)Nc1ncc(-c2ccc(F)cc2)nc1Cc1ccccc1. The van der Waals surface area contributed by atoms with Crippen molar-refractivity contribution in [1.82, 2.24) is 9.97 Å². The number of benzene rings is 2. The molecule has 2 aromatic carbocycles. The molecular weight excluding hydrogens is 305 g/mol. The number of hydrogen-bond acceptors (Lipinski definition) is 3. The fourth-order valence-corrected chi connectivity index (χ4v) is 2.37. The molecule has 120 valence electrons. The van der Waals surface area contributed by atoms with Gasteiger partial charge in [0.15, 0.2) is 5.82 Å². The Morgan fingerprint density at radius 1 is 1.08 bits per heavy atom. The number of nitrogens with one attached hydrogen (secondary N) is 1. The van der Waals surface area contributed by atoms with E-state index in [1.807, 2.05) is 30.3 Å². The number of aromatic nitrogens is 2. The van der Waals surface area contributed by atoms with Crippen molar-refractivity contribution in [3.63, 3.8) is 0 Å². The Balaban J connectivity index is 1.99. The number of carbonyl (C=O) groups is 1. The molecule has 0 saturated carbocycles. The molecule has 0 atom stereocenters. The number of halogens is 1. The number of carbonyl (C=O) groups excluding carboxylic acids is 1. The first-order valence-corrected chi connectivity index (χ1v) is 7.55. The largest absolute Gasteiger partial charge is 0.309 e. The number of hydrogen-bond donors (Lipinski definition) is 1. The molecule has 1 aromatic heterocycles. The molecule has 0 bridgehead atoms. The van der Waals surface area contributed by atoms with Crippen LogP contribution in [-0.2, 0) is 11.2 Å². The third kappa shape index (κ3) is 3.81. The second-order valence-corrected chi connectivity index (χ2v) is 5.40. The van der Waals surface area contributed by atoms with Crippen molar-refractivity contribution in [3.8, 4) is 11.3 Å². The lowest BCUT2D eigenvalue weighted by Gasteiger charge is -2.10. The van der Waals surface area contributed by atoms with Crippen LogP contribution in [0.3, 0.4) is 0 Å². The highest BCUT2D eigenvalue weighted by Crippen LogP contribution is 2.22. The highest BCUT2D eigenvalue weighted by molar-refractivity contribution is 5.88. The topological polar surface area (TPSA) is 54.9 Å². The molecule has 5 heteroatoms. The Bertz CT molecular complexity index is 848. The van der Waals surface area contributed by atoms with E-state index in [2.05, 4.69) is 15.3 Å². The highest BCUT2D eigenvalue weighted by Gasteiger charge is 2.11. The minimum absolute atomic E-state index is 0.201. The second kappa shape index (κ2) is 7.00. The van der Waals surface area contributed by atoms with Crippen molar-refractivity contribution in [2.45, 2.75) is 13.3 Å². The quantitative estimate of drug-likeness (QED) is 0.794. The summed E-state index contributed by atoms with van der Waals surface area (Å²) in [6.07, 6.45) is 2.12. The summed E-state index contributed by atoms with van der Waals surface area (Å²) in [5.41, 5.74) is 3.13. The summed E-state index contributed by atoms with van der Waals surface area (Å²) in [7, 11) is 0. The van der Waals surface area contributed by atoms with Crippen molar-refractivity contribution in [1.29, 1.82) is 0 Å². The molecule has 0 aliphatic heterocycles. The smallest absolute Gasteiger partial charge is 0.222 e. The monoisotopic (exact) mass is 321 g/mol. The minimum atomic E-state index is -0.300. The average molecular weight is 321 g/mol. The van der Waals surface area contributed by atoms with Gasteiger partial charge >= 0.3 is 0 Å². The van der Waals surface area contributed by atoms with E-state index in [-0.39, 0.29) is 11.7 Å². The van der Waals surface area contributed by atoms with Gasteiger partial charge in [0.25, 0.3) is 0 Å². The Labute approximate surface area is 139 Å². The lowest BCUT2D eigenvalue weighted by atomic mass is 10.1. The third-order valence-electron chi connectivity index (χ3n) is 3.49. The normalized spacial score (nSPS) is 10.4. The zero-order valence-electron chi connectivity index (χ0n) is 13.2. The van der Waals surface area contributed by atoms with Crippen LogP contribution in [0.1, 0.15) is 18.2 Å². The van der Waals surface area contributed by atoms with Gasteiger partial charge in [-0.05, 0) is 29.8 Å². The van der Waals surface area contributed by atoms with Gasteiger partial charge in [0.1, 0.15) is 5.82 Å². The van der Waals surface area contributed by atoms with E-state index in [9.17, 15) is 9.18 Å². The van der Waals surface area contributed by atoms with Gasteiger partial charge in [-0.2, -0.15) is 0 Å². The van der Waals surface area contributed by atoms with Gasteiger partial charge < -0.3 is 5.32 Å². The lowest BCUT2D eigenvalue weighted by Crippen LogP contribution is -2.12. The van der Waals surface area contributed by atoms with Crippen molar-refractivity contribution in [3.05, 3.63) is 77.9 Å². The van der Waals surface area contributed by atoms with E-state index in [0.29, 0.717) is 23.6 Å². The number of rotatable bonds is 4. The van der Waals surface area contributed by atoms with E-state index in [0.717, 1.165) is 11.1 Å². The molecule has 0 aliphatic rings. The van der Waals surface area contributed by atoms with Crippen LogP contribution in [0.15, 0.2) is 60.8 Å². The Morgan fingerprint density at radius 3 is 2.46 bits per heavy atom. The summed E-state index contributed by atoms with van der Waals surface area (Å²) in [5.74, 6) is -0.0588. The third-order valence-corrected chi connectivity index (χ3v) is 3.49. The fraction of sp³-hybridized carbons (Fsp3) is 0.105. The fourth-order valence-electron chi connectivity index (χ4n) is 2.37. The minimum Gasteiger partial charge on any atom is -0.309 e. The van der Waals surface area contributed by atoms with Crippen LogP contribution in [-0.4, -0.2) is 15.9 Å². The van der Waals surface area contributed by atoms with Crippen molar-refractivity contribution >= 4 is 11.7 Å². The van der Waals surface area contributed by atoms with Gasteiger partial charge in [-0.3, -0.25) is 4.79 Å². The number of amides is 1. The molecule has 3 aromatic rings. The molecule has 1 amide bonds.